The highest BCUT2D eigenvalue weighted by molar-refractivity contribution is 5.96. The molecule has 1 fully saturated rings. The van der Waals surface area contributed by atoms with E-state index in [2.05, 4.69) is 10.2 Å². The fourth-order valence-corrected chi connectivity index (χ4v) is 3.52. The van der Waals surface area contributed by atoms with Gasteiger partial charge in [0, 0.05) is 18.5 Å². The van der Waals surface area contributed by atoms with Crippen molar-refractivity contribution >= 4 is 11.6 Å². The second-order valence-corrected chi connectivity index (χ2v) is 6.86. The van der Waals surface area contributed by atoms with Crippen LogP contribution in [0.25, 0.3) is 0 Å². The molecule has 1 saturated heterocycles. The first-order chi connectivity index (χ1) is 12.7. The van der Waals surface area contributed by atoms with Crippen molar-refractivity contribution in [1.82, 2.24) is 4.90 Å². The number of β-amino-alcohol motifs (C(OH)–C–C–N with tert-alkyl or cyclic N) is 1. The minimum atomic E-state index is -0.549. The van der Waals surface area contributed by atoms with E-state index < -0.39 is 6.10 Å². The van der Waals surface area contributed by atoms with Crippen molar-refractivity contribution in [2.75, 3.05) is 44.8 Å². The summed E-state index contributed by atoms with van der Waals surface area (Å²) in [6.07, 6.45) is 4.06. The van der Waals surface area contributed by atoms with Crippen LogP contribution in [0.2, 0.25) is 0 Å². The number of rotatable bonds is 8. The van der Waals surface area contributed by atoms with Gasteiger partial charge in [-0.15, -0.1) is 0 Å². The minimum Gasteiger partial charge on any atom is -0.490 e. The maximum absolute atomic E-state index is 11.7. The number of likely N-dealkylation sites (tertiary alicyclic amines) is 1. The molecule has 1 aromatic carbocycles. The third kappa shape index (κ3) is 4.87. The average molecular weight is 364 g/mol. The maximum Gasteiger partial charge on any atom is 0.224 e. The summed E-state index contributed by atoms with van der Waals surface area (Å²) < 4.78 is 11.4. The van der Waals surface area contributed by atoms with Crippen molar-refractivity contribution in [2.45, 2.75) is 38.2 Å². The number of fused-ring (bicyclic) bond motifs is 1. The number of amides is 1. The first-order valence-electron chi connectivity index (χ1n) is 9.40. The number of anilines is 1. The molecule has 144 valence electrons. The SMILES string of the molecule is O=C1CCc2c(OCC(O)CN3CCCCC3)ccc(OCCO)c2N1. The van der Waals surface area contributed by atoms with Crippen LogP contribution in [-0.4, -0.2) is 66.6 Å². The third-order valence-electron chi connectivity index (χ3n) is 4.80. The molecule has 1 aromatic rings. The van der Waals surface area contributed by atoms with E-state index in [-0.39, 0.29) is 25.7 Å². The molecule has 2 aliphatic rings. The molecule has 1 amide bonds. The number of piperidine rings is 1. The summed E-state index contributed by atoms with van der Waals surface area (Å²) in [4.78, 5) is 14.0. The van der Waals surface area contributed by atoms with E-state index in [1.807, 2.05) is 0 Å². The predicted octanol–water partition coefficient (Wildman–Crippen LogP) is 1.17. The zero-order valence-electron chi connectivity index (χ0n) is 15.1. The molecule has 3 rings (SSSR count). The van der Waals surface area contributed by atoms with Crippen molar-refractivity contribution in [3.8, 4) is 11.5 Å². The van der Waals surface area contributed by atoms with E-state index in [4.69, 9.17) is 14.6 Å². The average Bonchev–Trinajstić information content (AvgIpc) is 2.65. The predicted molar refractivity (Wildman–Crippen MR) is 97.8 cm³/mol. The van der Waals surface area contributed by atoms with Gasteiger partial charge < -0.3 is 29.9 Å². The van der Waals surface area contributed by atoms with Gasteiger partial charge in [0.25, 0.3) is 0 Å². The van der Waals surface area contributed by atoms with Crippen LogP contribution in [0.3, 0.4) is 0 Å². The van der Waals surface area contributed by atoms with Crippen LogP contribution < -0.4 is 14.8 Å². The van der Waals surface area contributed by atoms with Crippen molar-refractivity contribution in [3.63, 3.8) is 0 Å². The largest absolute Gasteiger partial charge is 0.490 e. The van der Waals surface area contributed by atoms with Gasteiger partial charge in [-0.1, -0.05) is 6.42 Å². The van der Waals surface area contributed by atoms with Gasteiger partial charge in [-0.25, -0.2) is 0 Å². The maximum atomic E-state index is 11.7. The summed E-state index contributed by atoms with van der Waals surface area (Å²) in [7, 11) is 0. The fraction of sp³-hybridized carbons (Fsp3) is 0.632. The van der Waals surface area contributed by atoms with Gasteiger partial charge in [-0.05, 0) is 44.5 Å². The molecule has 0 aliphatic carbocycles. The van der Waals surface area contributed by atoms with Crippen LogP contribution in [0.4, 0.5) is 5.69 Å². The minimum absolute atomic E-state index is 0.0615. The number of aliphatic hydroxyl groups is 2. The molecule has 1 atom stereocenters. The molecule has 7 nitrogen and oxygen atoms in total. The molecule has 2 aliphatic heterocycles. The fourth-order valence-electron chi connectivity index (χ4n) is 3.52. The van der Waals surface area contributed by atoms with Gasteiger partial charge in [-0.2, -0.15) is 0 Å². The first kappa shape index (κ1) is 18.9. The number of nitrogens with one attached hydrogen (secondary N) is 1. The highest BCUT2D eigenvalue weighted by Crippen LogP contribution is 2.38. The molecule has 0 aromatic heterocycles. The number of carbonyl (C=O) groups excluding carboxylic acids is 1. The van der Waals surface area contributed by atoms with Crippen LogP contribution in [-0.2, 0) is 11.2 Å². The van der Waals surface area contributed by atoms with Gasteiger partial charge in [-0.3, -0.25) is 4.79 Å². The van der Waals surface area contributed by atoms with E-state index >= 15 is 0 Å². The van der Waals surface area contributed by atoms with Crippen molar-refractivity contribution < 1.29 is 24.5 Å². The molecule has 7 heteroatoms. The van der Waals surface area contributed by atoms with Gasteiger partial charge >= 0.3 is 0 Å². The topological polar surface area (TPSA) is 91.3 Å². The van der Waals surface area contributed by atoms with Gasteiger partial charge in [0.15, 0.2) is 0 Å². The number of ether oxygens (including phenoxy) is 2. The number of benzene rings is 1. The smallest absolute Gasteiger partial charge is 0.224 e. The highest BCUT2D eigenvalue weighted by atomic mass is 16.5. The number of hydrogen-bond acceptors (Lipinski definition) is 6. The van der Waals surface area contributed by atoms with Crippen LogP contribution in [0.5, 0.6) is 11.5 Å². The molecular formula is C19H28N2O5. The summed E-state index contributed by atoms with van der Waals surface area (Å²) in [5.41, 5.74) is 1.49. The third-order valence-corrected chi connectivity index (χ3v) is 4.80. The Balaban J connectivity index is 1.63. The Morgan fingerprint density at radius 2 is 1.88 bits per heavy atom. The molecule has 0 radical (unpaired) electrons. The normalized spacial score (nSPS) is 18.8. The second-order valence-electron chi connectivity index (χ2n) is 6.86. The lowest BCUT2D eigenvalue weighted by Gasteiger charge is -2.29. The van der Waals surface area contributed by atoms with E-state index in [9.17, 15) is 9.90 Å². The van der Waals surface area contributed by atoms with Crippen LogP contribution >= 0.6 is 0 Å². The summed E-state index contributed by atoms with van der Waals surface area (Å²) in [5.74, 6) is 1.13. The number of carbonyl (C=O) groups is 1. The Morgan fingerprint density at radius 3 is 2.65 bits per heavy atom. The molecule has 3 N–H and O–H groups in total. The van der Waals surface area contributed by atoms with Crippen molar-refractivity contribution in [2.24, 2.45) is 0 Å². The Kier molecular flexibility index (Phi) is 6.71. The van der Waals surface area contributed by atoms with Gasteiger partial charge in [0.05, 0.1) is 12.3 Å². The van der Waals surface area contributed by atoms with Crippen molar-refractivity contribution in [3.05, 3.63) is 17.7 Å². The van der Waals surface area contributed by atoms with Crippen LogP contribution in [0.1, 0.15) is 31.2 Å². The van der Waals surface area contributed by atoms with E-state index in [1.165, 1.54) is 19.3 Å². The standard InChI is InChI=1S/C19H28N2O5/c22-10-11-25-17-6-5-16(15-4-7-18(24)20-19(15)17)26-13-14(23)12-21-8-2-1-3-9-21/h5-6,14,22-23H,1-4,7-13H2,(H,20,24). The lowest BCUT2D eigenvalue weighted by atomic mass is 10.0. The zero-order valence-corrected chi connectivity index (χ0v) is 15.1. The Bertz CT molecular complexity index is 616. The summed E-state index contributed by atoms with van der Waals surface area (Å²) >= 11 is 0. The van der Waals surface area contributed by atoms with Crippen molar-refractivity contribution in [1.29, 1.82) is 0 Å². The van der Waals surface area contributed by atoms with E-state index in [0.717, 1.165) is 18.7 Å². The Morgan fingerprint density at radius 1 is 1.12 bits per heavy atom. The molecule has 2 heterocycles. The first-order valence-corrected chi connectivity index (χ1v) is 9.40. The van der Waals surface area contributed by atoms with Gasteiger partial charge in [0.1, 0.15) is 30.8 Å². The number of hydrogen-bond donors (Lipinski definition) is 3. The van der Waals surface area contributed by atoms with Gasteiger partial charge in [0.2, 0.25) is 5.91 Å². The summed E-state index contributed by atoms with van der Waals surface area (Å²) in [6, 6.07) is 3.53. The molecule has 0 saturated carbocycles. The lowest BCUT2D eigenvalue weighted by molar-refractivity contribution is -0.116. The summed E-state index contributed by atoms with van der Waals surface area (Å²) in [5, 5.41) is 22.1. The van der Waals surface area contributed by atoms with E-state index in [0.29, 0.717) is 36.6 Å². The number of nitrogens with zero attached hydrogens (tertiary/aromatic N) is 1. The molecular weight excluding hydrogens is 336 g/mol. The molecule has 26 heavy (non-hydrogen) atoms. The molecule has 0 bridgehead atoms. The summed E-state index contributed by atoms with van der Waals surface area (Å²) in [6.45, 7) is 2.98. The monoisotopic (exact) mass is 364 g/mol. The molecule has 1 unspecified atom stereocenters. The quantitative estimate of drug-likeness (QED) is 0.641. The van der Waals surface area contributed by atoms with E-state index in [1.54, 1.807) is 12.1 Å². The van der Waals surface area contributed by atoms with Crippen LogP contribution in [0, 0.1) is 0 Å². The highest BCUT2D eigenvalue weighted by Gasteiger charge is 2.23. The number of aliphatic hydroxyl groups excluding tert-OH is 2. The Labute approximate surface area is 153 Å². The zero-order chi connectivity index (χ0) is 18.4. The lowest BCUT2D eigenvalue weighted by Crippen LogP contribution is -2.38. The second kappa shape index (κ2) is 9.21. The Hall–Kier alpha value is -1.83. The molecule has 0 spiro atoms. The van der Waals surface area contributed by atoms with Crippen LogP contribution in [0.15, 0.2) is 12.1 Å².